The van der Waals surface area contributed by atoms with Crippen LogP contribution in [0.3, 0.4) is 0 Å². The molecular weight excluding hydrogens is 318 g/mol. The Morgan fingerprint density at radius 1 is 1.38 bits per heavy atom. The van der Waals surface area contributed by atoms with Gasteiger partial charge in [-0.1, -0.05) is 0 Å². The molecule has 132 valence electrons. The second-order valence-corrected chi connectivity index (χ2v) is 5.88. The number of hydrogen-bond acceptors (Lipinski definition) is 4. The van der Waals surface area contributed by atoms with Crippen LogP contribution in [0.15, 0.2) is 18.2 Å². The van der Waals surface area contributed by atoms with Crippen LogP contribution in [0.5, 0.6) is 0 Å². The van der Waals surface area contributed by atoms with E-state index in [1.54, 1.807) is 13.8 Å². The molecular formula is C17H22F2N2O3. The average molecular weight is 340 g/mol. The van der Waals surface area contributed by atoms with E-state index in [9.17, 15) is 18.4 Å². The summed E-state index contributed by atoms with van der Waals surface area (Å²) in [5.41, 5.74) is 0.199. The zero-order chi connectivity index (χ0) is 17.7. The lowest BCUT2D eigenvalue weighted by Gasteiger charge is -2.35. The summed E-state index contributed by atoms with van der Waals surface area (Å²) in [6.07, 6.45) is 1.54. The first-order valence-corrected chi connectivity index (χ1v) is 8.09. The van der Waals surface area contributed by atoms with E-state index in [1.807, 2.05) is 4.90 Å². The molecule has 0 bridgehead atoms. The van der Waals surface area contributed by atoms with Crippen molar-refractivity contribution in [3.8, 4) is 0 Å². The van der Waals surface area contributed by atoms with Crippen molar-refractivity contribution in [1.82, 2.24) is 4.90 Å². The van der Waals surface area contributed by atoms with E-state index >= 15 is 0 Å². The topological polar surface area (TPSA) is 58.6 Å². The van der Waals surface area contributed by atoms with Crippen LogP contribution in [0.25, 0.3) is 0 Å². The standard InChI is InChI=1S/C17H22F2N2O3/c1-3-24-17(23)12-5-4-8-21(10-12)11(2)16(22)20-13-6-7-14(18)15(19)9-13/h6-7,9,11-12H,3-5,8,10H2,1-2H3,(H,20,22). The summed E-state index contributed by atoms with van der Waals surface area (Å²) >= 11 is 0. The van der Waals surface area contributed by atoms with Gasteiger partial charge in [0.25, 0.3) is 0 Å². The van der Waals surface area contributed by atoms with Crippen molar-refractivity contribution in [2.45, 2.75) is 32.7 Å². The molecule has 1 aromatic rings. The van der Waals surface area contributed by atoms with Crippen LogP contribution in [-0.2, 0) is 14.3 Å². The smallest absolute Gasteiger partial charge is 0.310 e. The summed E-state index contributed by atoms with van der Waals surface area (Å²) in [7, 11) is 0. The molecule has 0 aliphatic carbocycles. The molecule has 1 amide bonds. The second-order valence-electron chi connectivity index (χ2n) is 5.88. The van der Waals surface area contributed by atoms with Crippen LogP contribution in [0.4, 0.5) is 14.5 Å². The van der Waals surface area contributed by atoms with Crippen molar-refractivity contribution < 1.29 is 23.1 Å². The molecule has 1 saturated heterocycles. The quantitative estimate of drug-likeness (QED) is 0.837. The molecule has 1 heterocycles. The molecule has 1 aliphatic rings. The van der Waals surface area contributed by atoms with Crippen molar-refractivity contribution in [2.24, 2.45) is 5.92 Å². The number of halogens is 2. The number of ether oxygens (including phenoxy) is 1. The maximum atomic E-state index is 13.2. The minimum absolute atomic E-state index is 0.199. The summed E-state index contributed by atoms with van der Waals surface area (Å²) in [5.74, 6) is -2.78. The van der Waals surface area contributed by atoms with Crippen LogP contribution >= 0.6 is 0 Å². The van der Waals surface area contributed by atoms with E-state index in [2.05, 4.69) is 5.32 Å². The van der Waals surface area contributed by atoms with Gasteiger partial charge < -0.3 is 10.1 Å². The number of rotatable bonds is 5. The predicted octanol–water partition coefficient (Wildman–Crippen LogP) is 2.57. The third-order valence-corrected chi connectivity index (χ3v) is 4.19. The average Bonchev–Trinajstić information content (AvgIpc) is 2.57. The van der Waals surface area contributed by atoms with Gasteiger partial charge in [-0.15, -0.1) is 0 Å². The Labute approximate surface area is 140 Å². The number of benzene rings is 1. The Balaban J connectivity index is 1.96. The molecule has 1 aromatic carbocycles. The number of carbonyl (C=O) groups excluding carboxylic acids is 2. The first-order chi connectivity index (χ1) is 11.4. The Hall–Kier alpha value is -2.02. The normalized spacial score (nSPS) is 19.6. The molecule has 2 unspecified atom stereocenters. The number of amides is 1. The third-order valence-electron chi connectivity index (χ3n) is 4.19. The van der Waals surface area contributed by atoms with E-state index in [1.165, 1.54) is 6.07 Å². The minimum Gasteiger partial charge on any atom is -0.466 e. The molecule has 1 N–H and O–H groups in total. The molecule has 7 heteroatoms. The van der Waals surface area contributed by atoms with E-state index in [0.717, 1.165) is 25.0 Å². The number of esters is 1. The Morgan fingerprint density at radius 3 is 2.79 bits per heavy atom. The SMILES string of the molecule is CCOC(=O)C1CCCN(C(C)C(=O)Nc2ccc(F)c(F)c2)C1. The molecule has 0 spiro atoms. The Bertz CT molecular complexity index is 609. The summed E-state index contributed by atoms with van der Waals surface area (Å²) in [5, 5.41) is 2.57. The molecule has 2 atom stereocenters. The minimum atomic E-state index is -1.01. The van der Waals surface area contributed by atoms with Gasteiger partial charge in [-0.05, 0) is 45.4 Å². The highest BCUT2D eigenvalue weighted by Gasteiger charge is 2.31. The molecule has 0 radical (unpaired) electrons. The monoisotopic (exact) mass is 340 g/mol. The van der Waals surface area contributed by atoms with Crippen molar-refractivity contribution in [2.75, 3.05) is 25.0 Å². The van der Waals surface area contributed by atoms with Gasteiger partial charge in [-0.25, -0.2) is 8.78 Å². The van der Waals surface area contributed by atoms with Crippen LogP contribution in [0, 0.1) is 17.6 Å². The summed E-state index contributed by atoms with van der Waals surface area (Å²) in [6, 6.07) is 2.72. The maximum Gasteiger partial charge on any atom is 0.310 e. The van der Waals surface area contributed by atoms with E-state index in [-0.39, 0.29) is 23.5 Å². The first kappa shape index (κ1) is 18.3. The van der Waals surface area contributed by atoms with Gasteiger partial charge in [0.2, 0.25) is 5.91 Å². The zero-order valence-electron chi connectivity index (χ0n) is 13.9. The first-order valence-electron chi connectivity index (χ1n) is 8.09. The number of carbonyl (C=O) groups is 2. The fourth-order valence-electron chi connectivity index (χ4n) is 2.80. The number of nitrogens with one attached hydrogen (secondary N) is 1. The van der Waals surface area contributed by atoms with Gasteiger partial charge in [-0.2, -0.15) is 0 Å². The van der Waals surface area contributed by atoms with Crippen molar-refractivity contribution in [3.05, 3.63) is 29.8 Å². The molecule has 1 aliphatic heterocycles. The van der Waals surface area contributed by atoms with Crippen molar-refractivity contribution >= 4 is 17.6 Å². The number of anilines is 1. The highest BCUT2D eigenvalue weighted by Crippen LogP contribution is 2.21. The fourth-order valence-corrected chi connectivity index (χ4v) is 2.80. The predicted molar refractivity (Wildman–Crippen MR) is 85.4 cm³/mol. The van der Waals surface area contributed by atoms with E-state index in [4.69, 9.17) is 4.74 Å². The maximum absolute atomic E-state index is 13.2. The Kier molecular flexibility index (Phi) is 6.25. The largest absolute Gasteiger partial charge is 0.466 e. The van der Waals surface area contributed by atoms with E-state index < -0.39 is 17.7 Å². The lowest BCUT2D eigenvalue weighted by Crippen LogP contribution is -2.48. The molecule has 2 rings (SSSR count). The highest BCUT2D eigenvalue weighted by atomic mass is 19.2. The summed E-state index contributed by atoms with van der Waals surface area (Å²) < 4.78 is 31.2. The fraction of sp³-hybridized carbons (Fsp3) is 0.529. The molecule has 24 heavy (non-hydrogen) atoms. The molecule has 0 aromatic heterocycles. The lowest BCUT2D eigenvalue weighted by molar-refractivity contribution is -0.150. The highest BCUT2D eigenvalue weighted by molar-refractivity contribution is 5.94. The molecule has 5 nitrogen and oxygen atoms in total. The third kappa shape index (κ3) is 4.50. The summed E-state index contributed by atoms with van der Waals surface area (Å²) in [4.78, 5) is 26.1. The summed E-state index contributed by atoms with van der Waals surface area (Å²) in [6.45, 7) is 4.97. The number of nitrogens with zero attached hydrogens (tertiary/aromatic N) is 1. The van der Waals surface area contributed by atoms with Crippen LogP contribution in [0.1, 0.15) is 26.7 Å². The second kappa shape index (κ2) is 8.19. The van der Waals surface area contributed by atoms with Crippen molar-refractivity contribution in [3.63, 3.8) is 0 Å². The van der Waals surface area contributed by atoms with Gasteiger partial charge in [0.1, 0.15) is 0 Å². The van der Waals surface area contributed by atoms with Crippen LogP contribution < -0.4 is 5.32 Å². The number of hydrogen-bond donors (Lipinski definition) is 1. The van der Waals surface area contributed by atoms with Gasteiger partial charge in [0, 0.05) is 18.3 Å². The molecule has 1 fully saturated rings. The molecule has 0 saturated carbocycles. The van der Waals surface area contributed by atoms with Gasteiger partial charge in [-0.3, -0.25) is 14.5 Å². The number of piperidine rings is 1. The Morgan fingerprint density at radius 2 is 2.12 bits per heavy atom. The van der Waals surface area contributed by atoms with Gasteiger partial charge in [0.05, 0.1) is 18.6 Å². The number of likely N-dealkylation sites (tertiary alicyclic amines) is 1. The zero-order valence-corrected chi connectivity index (χ0v) is 13.9. The van der Waals surface area contributed by atoms with E-state index in [0.29, 0.717) is 19.7 Å². The van der Waals surface area contributed by atoms with Crippen molar-refractivity contribution in [1.29, 1.82) is 0 Å². The van der Waals surface area contributed by atoms with Gasteiger partial charge >= 0.3 is 5.97 Å². The lowest BCUT2D eigenvalue weighted by atomic mass is 9.97. The van der Waals surface area contributed by atoms with Crippen LogP contribution in [0.2, 0.25) is 0 Å². The van der Waals surface area contributed by atoms with Crippen LogP contribution in [-0.4, -0.2) is 42.5 Å². The van der Waals surface area contributed by atoms with Gasteiger partial charge in [0.15, 0.2) is 11.6 Å².